The lowest BCUT2D eigenvalue weighted by Gasteiger charge is -2.09. The van der Waals surface area contributed by atoms with Crippen LogP contribution >= 0.6 is 0 Å². The van der Waals surface area contributed by atoms with Crippen LogP contribution in [0.25, 0.3) is 11.4 Å². The number of nitrogens with one attached hydrogen (secondary N) is 1. The number of benzene rings is 1. The van der Waals surface area contributed by atoms with Gasteiger partial charge in [0.25, 0.3) is 0 Å². The van der Waals surface area contributed by atoms with Crippen molar-refractivity contribution in [2.24, 2.45) is 0 Å². The Labute approximate surface area is 126 Å². The highest BCUT2D eigenvalue weighted by molar-refractivity contribution is 5.54. The largest absolute Gasteiger partial charge is 0.337 e. The van der Waals surface area contributed by atoms with Gasteiger partial charge in [0.2, 0.25) is 11.7 Å². The Morgan fingerprint density at radius 2 is 1.95 bits per heavy atom. The van der Waals surface area contributed by atoms with Crippen LogP contribution in [0.4, 0.5) is 0 Å². The summed E-state index contributed by atoms with van der Waals surface area (Å²) in [5, 5.41) is 7.63. The van der Waals surface area contributed by atoms with Crippen molar-refractivity contribution < 1.29 is 4.52 Å². The van der Waals surface area contributed by atoms with Crippen molar-refractivity contribution in [3.63, 3.8) is 0 Å². The molecule has 1 unspecified atom stereocenters. The monoisotopic (exact) mass is 285 g/mol. The van der Waals surface area contributed by atoms with E-state index in [0.29, 0.717) is 11.7 Å². The Morgan fingerprint density at radius 3 is 2.71 bits per heavy atom. The molecule has 1 aliphatic heterocycles. The summed E-state index contributed by atoms with van der Waals surface area (Å²) in [5.41, 5.74) is 2.34. The minimum Gasteiger partial charge on any atom is -0.337 e. The molecule has 0 bridgehead atoms. The number of nitrogens with zero attached hydrogens (tertiary/aromatic N) is 2. The van der Waals surface area contributed by atoms with E-state index < -0.39 is 0 Å². The molecule has 1 aliphatic rings. The van der Waals surface area contributed by atoms with Crippen LogP contribution < -0.4 is 5.32 Å². The maximum atomic E-state index is 5.47. The topological polar surface area (TPSA) is 51.0 Å². The molecule has 4 heteroatoms. The van der Waals surface area contributed by atoms with Gasteiger partial charge in [0.15, 0.2) is 0 Å². The first kappa shape index (κ1) is 14.3. The van der Waals surface area contributed by atoms with Gasteiger partial charge in [-0.05, 0) is 30.9 Å². The summed E-state index contributed by atoms with van der Waals surface area (Å²) >= 11 is 0. The van der Waals surface area contributed by atoms with Gasteiger partial charge in [0.05, 0.1) is 6.04 Å². The van der Waals surface area contributed by atoms with Crippen LogP contribution in [-0.4, -0.2) is 16.7 Å². The Balaban J connectivity index is 1.77. The normalized spacial score (nSPS) is 19.7. The molecule has 2 aromatic rings. The van der Waals surface area contributed by atoms with E-state index in [2.05, 4.69) is 53.6 Å². The fourth-order valence-electron chi connectivity index (χ4n) is 2.75. The predicted octanol–water partition coefficient (Wildman–Crippen LogP) is 4.06. The first-order valence-corrected chi connectivity index (χ1v) is 7.91. The second kappa shape index (κ2) is 6.39. The zero-order valence-corrected chi connectivity index (χ0v) is 12.8. The Morgan fingerprint density at radius 1 is 1.14 bits per heavy atom. The molecule has 1 N–H and O–H groups in total. The quantitative estimate of drug-likeness (QED) is 0.923. The van der Waals surface area contributed by atoms with Crippen LogP contribution in [0.5, 0.6) is 0 Å². The molecule has 0 radical (unpaired) electrons. The molecule has 0 amide bonds. The first-order valence-electron chi connectivity index (χ1n) is 7.91. The van der Waals surface area contributed by atoms with E-state index in [9.17, 15) is 0 Å². The van der Waals surface area contributed by atoms with Crippen molar-refractivity contribution in [1.82, 2.24) is 15.5 Å². The van der Waals surface area contributed by atoms with E-state index >= 15 is 0 Å². The summed E-state index contributed by atoms with van der Waals surface area (Å²) in [7, 11) is 0. The molecule has 0 saturated carbocycles. The highest BCUT2D eigenvalue weighted by Gasteiger charge is 2.20. The molecule has 4 nitrogen and oxygen atoms in total. The molecule has 1 aromatic heterocycles. The average molecular weight is 285 g/mol. The van der Waals surface area contributed by atoms with Crippen molar-refractivity contribution in [1.29, 1.82) is 0 Å². The molecule has 1 fully saturated rings. The summed E-state index contributed by atoms with van der Waals surface area (Å²) in [4.78, 5) is 4.58. The van der Waals surface area contributed by atoms with E-state index in [4.69, 9.17) is 4.52 Å². The fourth-order valence-corrected chi connectivity index (χ4v) is 2.75. The molecule has 1 atom stereocenters. The summed E-state index contributed by atoms with van der Waals surface area (Å²) in [5.74, 6) is 1.95. The molecule has 1 aromatic carbocycles. The van der Waals surface area contributed by atoms with Gasteiger partial charge in [-0.25, -0.2) is 0 Å². The van der Waals surface area contributed by atoms with Gasteiger partial charge in [-0.2, -0.15) is 4.98 Å². The van der Waals surface area contributed by atoms with E-state index in [1.165, 1.54) is 24.8 Å². The second-order valence-corrected chi connectivity index (χ2v) is 6.09. The molecule has 0 spiro atoms. The molecular weight excluding hydrogens is 262 g/mol. The van der Waals surface area contributed by atoms with E-state index in [-0.39, 0.29) is 6.04 Å². The summed E-state index contributed by atoms with van der Waals surface area (Å²) in [6.07, 6.45) is 4.81. The molecule has 21 heavy (non-hydrogen) atoms. The molecule has 112 valence electrons. The second-order valence-electron chi connectivity index (χ2n) is 6.09. The lowest BCUT2D eigenvalue weighted by molar-refractivity contribution is 0.327. The standard InChI is InChI=1S/C17H23N3O/c1-12(2)13-7-9-14(10-8-13)16-19-17(21-20-16)15-6-4-3-5-11-18-15/h7-10,12,15,18H,3-6,11H2,1-2H3. The van der Waals surface area contributed by atoms with Crippen molar-refractivity contribution >= 4 is 0 Å². The van der Waals surface area contributed by atoms with Gasteiger partial charge in [-0.3, -0.25) is 0 Å². The van der Waals surface area contributed by atoms with Crippen molar-refractivity contribution in [2.45, 2.75) is 51.5 Å². The zero-order valence-electron chi connectivity index (χ0n) is 12.8. The van der Waals surface area contributed by atoms with Crippen molar-refractivity contribution in [3.8, 4) is 11.4 Å². The number of hydrogen-bond acceptors (Lipinski definition) is 4. The minimum absolute atomic E-state index is 0.212. The zero-order chi connectivity index (χ0) is 14.7. The van der Waals surface area contributed by atoms with Crippen molar-refractivity contribution in [3.05, 3.63) is 35.7 Å². The van der Waals surface area contributed by atoms with Crippen LogP contribution in [0.3, 0.4) is 0 Å². The Hall–Kier alpha value is -1.68. The lowest BCUT2D eigenvalue weighted by atomic mass is 10.0. The van der Waals surface area contributed by atoms with E-state index in [1.807, 2.05) is 0 Å². The van der Waals surface area contributed by atoms with Crippen LogP contribution in [0.2, 0.25) is 0 Å². The van der Waals surface area contributed by atoms with Gasteiger partial charge >= 0.3 is 0 Å². The maximum absolute atomic E-state index is 5.47. The molecule has 3 rings (SSSR count). The molecule has 1 saturated heterocycles. The molecular formula is C17H23N3O. The van der Waals surface area contributed by atoms with E-state index in [0.717, 1.165) is 24.4 Å². The maximum Gasteiger partial charge on any atom is 0.244 e. The van der Waals surface area contributed by atoms with Crippen LogP contribution in [0.15, 0.2) is 28.8 Å². The average Bonchev–Trinajstić information content (AvgIpc) is 2.83. The van der Waals surface area contributed by atoms with Gasteiger partial charge < -0.3 is 9.84 Å². The van der Waals surface area contributed by atoms with Crippen LogP contribution in [0.1, 0.15) is 62.9 Å². The number of aromatic nitrogens is 2. The van der Waals surface area contributed by atoms with Gasteiger partial charge in [-0.15, -0.1) is 0 Å². The summed E-state index contributed by atoms with van der Waals surface area (Å²) in [6, 6.07) is 8.64. The first-order chi connectivity index (χ1) is 10.2. The lowest BCUT2D eigenvalue weighted by Crippen LogP contribution is -2.20. The summed E-state index contributed by atoms with van der Waals surface area (Å²) < 4.78 is 5.47. The van der Waals surface area contributed by atoms with Gasteiger partial charge in [0, 0.05) is 5.56 Å². The van der Waals surface area contributed by atoms with Gasteiger partial charge in [0.1, 0.15) is 0 Å². The third-order valence-electron chi connectivity index (χ3n) is 4.14. The minimum atomic E-state index is 0.212. The molecule has 2 heterocycles. The van der Waals surface area contributed by atoms with Crippen LogP contribution in [0, 0.1) is 0 Å². The summed E-state index contributed by atoms with van der Waals surface area (Å²) in [6.45, 7) is 5.42. The SMILES string of the molecule is CC(C)c1ccc(-c2noc(C3CCCCCN3)n2)cc1. The number of rotatable bonds is 3. The van der Waals surface area contributed by atoms with Crippen molar-refractivity contribution in [2.75, 3.05) is 6.54 Å². The molecule has 0 aliphatic carbocycles. The third kappa shape index (κ3) is 3.32. The third-order valence-corrected chi connectivity index (χ3v) is 4.14. The van der Waals surface area contributed by atoms with Crippen LogP contribution in [-0.2, 0) is 0 Å². The Kier molecular flexibility index (Phi) is 4.34. The Bertz CT molecular complexity index is 566. The fraction of sp³-hybridized carbons (Fsp3) is 0.529. The highest BCUT2D eigenvalue weighted by Crippen LogP contribution is 2.25. The van der Waals surface area contributed by atoms with E-state index in [1.54, 1.807) is 0 Å². The van der Waals surface area contributed by atoms with Gasteiger partial charge in [-0.1, -0.05) is 56.1 Å². The predicted molar refractivity (Wildman–Crippen MR) is 83.0 cm³/mol. The highest BCUT2D eigenvalue weighted by atomic mass is 16.5. The smallest absolute Gasteiger partial charge is 0.244 e. The number of hydrogen-bond donors (Lipinski definition) is 1.